The Morgan fingerprint density at radius 3 is 2.39 bits per heavy atom. The Labute approximate surface area is 106 Å². The van der Waals surface area contributed by atoms with Crippen molar-refractivity contribution in [3.8, 4) is 11.5 Å². The van der Waals surface area contributed by atoms with Gasteiger partial charge in [-0.05, 0) is 24.3 Å². The van der Waals surface area contributed by atoms with E-state index < -0.39 is 0 Å². The quantitative estimate of drug-likeness (QED) is 0.868. The monoisotopic (exact) mass is 242 g/mol. The van der Waals surface area contributed by atoms with Gasteiger partial charge >= 0.3 is 6.03 Å². The number of anilines is 1. The second kappa shape index (κ2) is 5.72. The van der Waals surface area contributed by atoms with Gasteiger partial charge in [0, 0.05) is 7.05 Å². The molecule has 2 aromatic carbocycles. The smallest absolute Gasteiger partial charge is 0.319 e. The van der Waals surface area contributed by atoms with Crippen LogP contribution in [-0.2, 0) is 0 Å². The van der Waals surface area contributed by atoms with E-state index >= 15 is 0 Å². The molecule has 0 bridgehead atoms. The molecule has 0 unspecified atom stereocenters. The zero-order valence-electron chi connectivity index (χ0n) is 10.0. The van der Waals surface area contributed by atoms with Gasteiger partial charge in [0.15, 0.2) is 5.75 Å². The molecule has 0 aliphatic heterocycles. The van der Waals surface area contributed by atoms with Gasteiger partial charge < -0.3 is 15.4 Å². The van der Waals surface area contributed by atoms with Crippen molar-refractivity contribution in [2.45, 2.75) is 0 Å². The van der Waals surface area contributed by atoms with Crippen LogP contribution >= 0.6 is 0 Å². The maximum Gasteiger partial charge on any atom is 0.319 e. The van der Waals surface area contributed by atoms with E-state index in [4.69, 9.17) is 4.74 Å². The maximum atomic E-state index is 11.3. The van der Waals surface area contributed by atoms with Crippen molar-refractivity contribution in [1.29, 1.82) is 0 Å². The Kier molecular flexibility index (Phi) is 3.81. The van der Waals surface area contributed by atoms with Gasteiger partial charge in [-0.25, -0.2) is 4.79 Å². The third-order valence-electron chi connectivity index (χ3n) is 2.33. The minimum Gasteiger partial charge on any atom is -0.455 e. The highest BCUT2D eigenvalue weighted by molar-refractivity contribution is 5.90. The predicted molar refractivity (Wildman–Crippen MR) is 71.0 cm³/mol. The number of urea groups is 1. The highest BCUT2D eigenvalue weighted by Gasteiger charge is 2.06. The van der Waals surface area contributed by atoms with Crippen LogP contribution in [0.1, 0.15) is 0 Å². The lowest BCUT2D eigenvalue weighted by molar-refractivity contribution is 0.254. The summed E-state index contributed by atoms with van der Waals surface area (Å²) in [7, 11) is 1.57. The first kappa shape index (κ1) is 12.0. The molecule has 0 atom stereocenters. The molecule has 0 aromatic heterocycles. The van der Waals surface area contributed by atoms with Gasteiger partial charge in [-0.2, -0.15) is 0 Å². The number of benzene rings is 2. The average molecular weight is 242 g/mol. The van der Waals surface area contributed by atoms with Crippen LogP contribution in [0.5, 0.6) is 11.5 Å². The van der Waals surface area contributed by atoms with Crippen molar-refractivity contribution in [3.63, 3.8) is 0 Å². The van der Waals surface area contributed by atoms with Crippen LogP contribution in [0.15, 0.2) is 54.6 Å². The Morgan fingerprint density at radius 2 is 1.67 bits per heavy atom. The minimum absolute atomic E-state index is 0.279. The number of rotatable bonds is 3. The molecule has 0 aliphatic carbocycles. The molecule has 4 heteroatoms. The molecule has 0 spiro atoms. The number of hydrogen-bond acceptors (Lipinski definition) is 2. The number of carbonyl (C=O) groups is 1. The van der Waals surface area contributed by atoms with E-state index in [-0.39, 0.29) is 6.03 Å². The Bertz CT molecular complexity index is 526. The summed E-state index contributed by atoms with van der Waals surface area (Å²) in [6, 6.07) is 16.4. The number of para-hydroxylation sites is 3. The van der Waals surface area contributed by atoms with Crippen LogP contribution in [-0.4, -0.2) is 13.1 Å². The molecule has 0 saturated carbocycles. The van der Waals surface area contributed by atoms with Crippen molar-refractivity contribution >= 4 is 11.7 Å². The summed E-state index contributed by atoms with van der Waals surface area (Å²) in [5.74, 6) is 1.33. The van der Waals surface area contributed by atoms with E-state index in [0.717, 1.165) is 5.75 Å². The first-order valence-electron chi connectivity index (χ1n) is 5.60. The van der Waals surface area contributed by atoms with Crippen molar-refractivity contribution < 1.29 is 9.53 Å². The molecular weight excluding hydrogens is 228 g/mol. The van der Waals surface area contributed by atoms with Gasteiger partial charge in [-0.1, -0.05) is 30.3 Å². The molecule has 2 amide bonds. The molecule has 0 aliphatic rings. The molecule has 0 heterocycles. The maximum absolute atomic E-state index is 11.3. The van der Waals surface area contributed by atoms with Gasteiger partial charge in [0.1, 0.15) is 5.75 Å². The fourth-order valence-corrected chi connectivity index (χ4v) is 1.46. The highest BCUT2D eigenvalue weighted by atomic mass is 16.5. The van der Waals surface area contributed by atoms with Crippen LogP contribution in [0, 0.1) is 0 Å². The van der Waals surface area contributed by atoms with Gasteiger partial charge in [0.25, 0.3) is 0 Å². The summed E-state index contributed by atoms with van der Waals surface area (Å²) >= 11 is 0. The normalized spacial score (nSPS) is 9.61. The molecule has 92 valence electrons. The van der Waals surface area contributed by atoms with E-state index in [1.807, 2.05) is 42.5 Å². The zero-order chi connectivity index (χ0) is 12.8. The van der Waals surface area contributed by atoms with Crippen molar-refractivity contribution in [3.05, 3.63) is 54.6 Å². The lowest BCUT2D eigenvalue weighted by Crippen LogP contribution is -2.24. The number of ether oxygens (including phenoxy) is 1. The minimum atomic E-state index is -0.279. The average Bonchev–Trinajstić information content (AvgIpc) is 2.42. The van der Waals surface area contributed by atoms with Crippen molar-refractivity contribution in [1.82, 2.24) is 5.32 Å². The highest BCUT2D eigenvalue weighted by Crippen LogP contribution is 2.28. The van der Waals surface area contributed by atoms with Gasteiger partial charge in [-0.3, -0.25) is 0 Å². The van der Waals surface area contributed by atoms with Crippen molar-refractivity contribution in [2.75, 3.05) is 12.4 Å². The first-order chi connectivity index (χ1) is 8.79. The van der Waals surface area contributed by atoms with Crippen LogP contribution in [0.4, 0.5) is 10.5 Å². The van der Waals surface area contributed by atoms with E-state index in [1.165, 1.54) is 0 Å². The summed E-state index contributed by atoms with van der Waals surface area (Å²) in [5, 5.41) is 5.20. The summed E-state index contributed by atoms with van der Waals surface area (Å²) in [5.41, 5.74) is 0.626. The van der Waals surface area contributed by atoms with E-state index in [0.29, 0.717) is 11.4 Å². The molecular formula is C14H14N2O2. The number of hydrogen-bond donors (Lipinski definition) is 2. The molecule has 0 fully saturated rings. The zero-order valence-corrected chi connectivity index (χ0v) is 10.0. The van der Waals surface area contributed by atoms with Crippen LogP contribution in [0.3, 0.4) is 0 Å². The van der Waals surface area contributed by atoms with Crippen molar-refractivity contribution in [2.24, 2.45) is 0 Å². The fourth-order valence-electron chi connectivity index (χ4n) is 1.46. The van der Waals surface area contributed by atoms with Gasteiger partial charge in [0.2, 0.25) is 0 Å². The lowest BCUT2D eigenvalue weighted by Gasteiger charge is -2.11. The number of carbonyl (C=O) groups excluding carboxylic acids is 1. The standard InChI is InChI=1S/C14H14N2O2/c1-15-14(17)16-12-9-5-6-10-13(12)18-11-7-3-2-4-8-11/h2-10H,1H3,(H2,15,16,17). The molecule has 2 N–H and O–H groups in total. The van der Waals surface area contributed by atoms with E-state index in [2.05, 4.69) is 10.6 Å². The van der Waals surface area contributed by atoms with E-state index in [1.54, 1.807) is 19.2 Å². The second-order valence-corrected chi connectivity index (χ2v) is 3.62. The van der Waals surface area contributed by atoms with Gasteiger partial charge in [0.05, 0.1) is 5.69 Å². The molecule has 2 rings (SSSR count). The third-order valence-corrected chi connectivity index (χ3v) is 2.33. The molecule has 0 saturated heterocycles. The summed E-state index contributed by atoms with van der Waals surface area (Å²) in [4.78, 5) is 11.3. The SMILES string of the molecule is CNC(=O)Nc1ccccc1Oc1ccccc1. The largest absolute Gasteiger partial charge is 0.455 e. The summed E-state index contributed by atoms with van der Waals surface area (Å²) < 4.78 is 5.71. The lowest BCUT2D eigenvalue weighted by atomic mass is 10.3. The molecule has 18 heavy (non-hydrogen) atoms. The predicted octanol–water partition coefficient (Wildman–Crippen LogP) is 3.23. The Balaban J connectivity index is 2.20. The molecule has 2 aromatic rings. The summed E-state index contributed by atoms with van der Waals surface area (Å²) in [6.07, 6.45) is 0. The van der Waals surface area contributed by atoms with E-state index in [9.17, 15) is 4.79 Å². The number of nitrogens with one attached hydrogen (secondary N) is 2. The fraction of sp³-hybridized carbons (Fsp3) is 0.0714. The first-order valence-corrected chi connectivity index (χ1v) is 5.60. The molecule has 0 radical (unpaired) electrons. The molecule has 4 nitrogen and oxygen atoms in total. The van der Waals surface area contributed by atoms with Crippen LogP contribution < -0.4 is 15.4 Å². The van der Waals surface area contributed by atoms with Crippen LogP contribution in [0.2, 0.25) is 0 Å². The van der Waals surface area contributed by atoms with Gasteiger partial charge in [-0.15, -0.1) is 0 Å². The topological polar surface area (TPSA) is 50.4 Å². The second-order valence-electron chi connectivity index (χ2n) is 3.62. The van der Waals surface area contributed by atoms with Crippen LogP contribution in [0.25, 0.3) is 0 Å². The Hall–Kier alpha value is -2.49. The third kappa shape index (κ3) is 3.01. The summed E-state index contributed by atoms with van der Waals surface area (Å²) in [6.45, 7) is 0. The number of amides is 2. The Morgan fingerprint density at radius 1 is 1.00 bits per heavy atom.